The first-order chi connectivity index (χ1) is 19.9. The van der Waals surface area contributed by atoms with Crippen LogP contribution in [0.1, 0.15) is 81.1 Å². The van der Waals surface area contributed by atoms with Gasteiger partial charge in [-0.2, -0.15) is 9.97 Å². The van der Waals surface area contributed by atoms with Crippen LogP contribution in [0, 0.1) is 5.92 Å². The zero-order chi connectivity index (χ0) is 30.4. The SMILES string of the molecule is CN(CCCNc1nc(N)c2c(n1)OCCN(c1ccc(C3CCC(CC(=O)O)CC3)cc1)C2=O)C(=O)OC(C)(C)C. The van der Waals surface area contributed by atoms with Crippen LogP contribution in [-0.2, 0) is 9.53 Å². The van der Waals surface area contributed by atoms with Gasteiger partial charge in [-0.25, -0.2) is 4.79 Å². The summed E-state index contributed by atoms with van der Waals surface area (Å²) < 4.78 is 11.2. The van der Waals surface area contributed by atoms with E-state index in [0.29, 0.717) is 32.0 Å². The van der Waals surface area contributed by atoms with Crippen LogP contribution in [0.25, 0.3) is 0 Å². The lowest BCUT2D eigenvalue weighted by molar-refractivity contribution is -0.138. The number of carbonyl (C=O) groups is 3. The molecule has 1 aliphatic carbocycles. The Balaban J connectivity index is 1.35. The van der Waals surface area contributed by atoms with E-state index in [1.54, 1.807) is 11.9 Å². The van der Waals surface area contributed by atoms with E-state index in [9.17, 15) is 14.4 Å². The zero-order valence-corrected chi connectivity index (χ0v) is 24.9. The number of hydrogen-bond acceptors (Lipinski definition) is 9. The summed E-state index contributed by atoms with van der Waals surface area (Å²) >= 11 is 0. The van der Waals surface area contributed by atoms with Crippen molar-refractivity contribution in [2.45, 2.75) is 70.8 Å². The van der Waals surface area contributed by atoms with Gasteiger partial charge in [0.05, 0.1) is 6.54 Å². The molecule has 0 atom stereocenters. The predicted octanol–water partition coefficient (Wildman–Crippen LogP) is 4.52. The number of nitrogens with one attached hydrogen (secondary N) is 1. The van der Waals surface area contributed by atoms with E-state index in [1.165, 1.54) is 10.5 Å². The monoisotopic (exact) mass is 582 g/mol. The van der Waals surface area contributed by atoms with Crippen LogP contribution in [0.15, 0.2) is 24.3 Å². The van der Waals surface area contributed by atoms with Gasteiger partial charge in [-0.05, 0) is 82.4 Å². The zero-order valence-electron chi connectivity index (χ0n) is 24.9. The third-order valence-corrected chi connectivity index (χ3v) is 7.56. The van der Waals surface area contributed by atoms with Crippen LogP contribution in [0.3, 0.4) is 0 Å². The predicted molar refractivity (Wildman–Crippen MR) is 159 cm³/mol. The van der Waals surface area contributed by atoms with Crippen LogP contribution < -0.4 is 20.7 Å². The third kappa shape index (κ3) is 8.01. The Labute approximate surface area is 246 Å². The maximum Gasteiger partial charge on any atom is 0.410 e. The fourth-order valence-electron chi connectivity index (χ4n) is 5.38. The first kappa shape index (κ1) is 30.9. The Morgan fingerprint density at radius 1 is 1.17 bits per heavy atom. The number of rotatable bonds is 9. The molecule has 1 aromatic carbocycles. The molecule has 0 bridgehead atoms. The number of nitrogens with zero attached hydrogens (tertiary/aromatic N) is 4. The number of ether oxygens (including phenoxy) is 2. The minimum absolute atomic E-state index is 0.0278. The first-order valence-corrected chi connectivity index (χ1v) is 14.5. The smallest absolute Gasteiger partial charge is 0.410 e. The number of amides is 2. The number of carbonyl (C=O) groups excluding carboxylic acids is 2. The van der Waals surface area contributed by atoms with E-state index in [0.717, 1.165) is 31.4 Å². The van der Waals surface area contributed by atoms with Crippen molar-refractivity contribution in [1.82, 2.24) is 14.9 Å². The lowest BCUT2D eigenvalue weighted by atomic mass is 9.77. The number of nitrogens with two attached hydrogens (primary N) is 1. The standard InChI is InChI=1S/C30H42N6O6/c1-30(2,3)42-29(40)35(4)15-5-14-32-28-33-25(31)24-26(34-28)41-17-16-36(27(24)39)22-12-10-21(11-13-22)20-8-6-19(7-9-20)18-23(37)38/h10-13,19-20H,5-9,14-18H2,1-4H3,(H,37,38)(H3,31,32,33,34). The van der Waals surface area contributed by atoms with Gasteiger partial charge in [-0.3, -0.25) is 9.59 Å². The molecule has 1 saturated carbocycles. The van der Waals surface area contributed by atoms with Crippen molar-refractivity contribution in [3.05, 3.63) is 35.4 Å². The van der Waals surface area contributed by atoms with Crippen molar-refractivity contribution < 1.29 is 29.0 Å². The average molecular weight is 583 g/mol. The van der Waals surface area contributed by atoms with Gasteiger partial charge in [-0.1, -0.05) is 12.1 Å². The highest BCUT2D eigenvalue weighted by molar-refractivity contribution is 6.10. The summed E-state index contributed by atoms with van der Waals surface area (Å²) in [5.41, 5.74) is 7.73. The lowest BCUT2D eigenvalue weighted by Gasteiger charge is -2.28. The fraction of sp³-hybridized carbons (Fsp3) is 0.567. The summed E-state index contributed by atoms with van der Waals surface area (Å²) in [5, 5.41) is 12.2. The third-order valence-electron chi connectivity index (χ3n) is 7.56. The van der Waals surface area contributed by atoms with Gasteiger partial charge >= 0.3 is 12.1 Å². The number of aliphatic carboxylic acids is 1. The Hall–Kier alpha value is -4.09. The van der Waals surface area contributed by atoms with Gasteiger partial charge in [0, 0.05) is 32.2 Å². The van der Waals surface area contributed by atoms with Crippen LogP contribution in [0.4, 0.5) is 22.2 Å². The van der Waals surface area contributed by atoms with E-state index in [-0.39, 0.29) is 54.2 Å². The van der Waals surface area contributed by atoms with E-state index in [4.69, 9.17) is 20.3 Å². The van der Waals surface area contributed by atoms with Crippen LogP contribution in [0.2, 0.25) is 0 Å². The molecule has 1 aliphatic heterocycles. The number of aromatic nitrogens is 2. The van der Waals surface area contributed by atoms with Crippen molar-refractivity contribution in [3.8, 4) is 5.88 Å². The first-order valence-electron chi connectivity index (χ1n) is 14.5. The molecule has 0 saturated heterocycles. The fourth-order valence-corrected chi connectivity index (χ4v) is 5.38. The molecule has 2 heterocycles. The van der Waals surface area contributed by atoms with Gasteiger partial charge in [0.1, 0.15) is 23.6 Å². The van der Waals surface area contributed by atoms with Gasteiger partial charge in [-0.15, -0.1) is 0 Å². The maximum atomic E-state index is 13.5. The number of fused-ring (bicyclic) bond motifs is 1. The molecule has 1 fully saturated rings. The van der Waals surface area contributed by atoms with E-state index in [1.807, 2.05) is 45.0 Å². The molecular weight excluding hydrogens is 540 g/mol. The highest BCUT2D eigenvalue weighted by Gasteiger charge is 2.30. The van der Waals surface area contributed by atoms with Crippen LogP contribution in [0.5, 0.6) is 5.88 Å². The summed E-state index contributed by atoms with van der Waals surface area (Å²) in [6, 6.07) is 7.96. The topological polar surface area (TPSA) is 160 Å². The van der Waals surface area contributed by atoms with Crippen molar-refractivity contribution in [2.24, 2.45) is 5.92 Å². The van der Waals surface area contributed by atoms with Crippen LogP contribution in [-0.4, -0.2) is 76.8 Å². The summed E-state index contributed by atoms with van der Waals surface area (Å²) in [7, 11) is 1.68. The second kappa shape index (κ2) is 13.3. The molecule has 0 spiro atoms. The summed E-state index contributed by atoms with van der Waals surface area (Å²) in [6.07, 6.45) is 4.22. The molecule has 42 heavy (non-hydrogen) atoms. The Kier molecular flexibility index (Phi) is 9.74. The van der Waals surface area contributed by atoms with E-state index >= 15 is 0 Å². The van der Waals surface area contributed by atoms with Crippen molar-refractivity contribution in [1.29, 1.82) is 0 Å². The van der Waals surface area contributed by atoms with Crippen molar-refractivity contribution >= 4 is 35.4 Å². The lowest BCUT2D eigenvalue weighted by Crippen LogP contribution is -2.35. The maximum absolute atomic E-state index is 13.5. The second-order valence-corrected chi connectivity index (χ2v) is 12.0. The molecule has 1 aromatic heterocycles. The molecule has 12 nitrogen and oxygen atoms in total. The molecule has 4 rings (SSSR count). The van der Waals surface area contributed by atoms with Gasteiger partial charge in [0.25, 0.3) is 5.91 Å². The number of carboxylic acid groups (broad SMARTS) is 1. The van der Waals surface area contributed by atoms with Gasteiger partial charge < -0.3 is 35.4 Å². The normalized spacial score (nSPS) is 18.9. The van der Waals surface area contributed by atoms with Gasteiger partial charge in [0.15, 0.2) is 0 Å². The number of nitrogen functional groups attached to an aromatic ring is 1. The largest absolute Gasteiger partial charge is 0.481 e. The number of hydrogen-bond donors (Lipinski definition) is 3. The van der Waals surface area contributed by atoms with Crippen LogP contribution >= 0.6 is 0 Å². The molecule has 4 N–H and O–H groups in total. The summed E-state index contributed by atoms with van der Waals surface area (Å²) in [4.78, 5) is 48.5. The highest BCUT2D eigenvalue weighted by Crippen LogP contribution is 2.38. The van der Waals surface area contributed by atoms with Crippen molar-refractivity contribution in [2.75, 3.05) is 49.2 Å². The molecule has 2 aliphatic rings. The molecular formula is C30H42N6O6. The highest BCUT2D eigenvalue weighted by atomic mass is 16.6. The van der Waals surface area contributed by atoms with E-state index in [2.05, 4.69) is 15.3 Å². The molecule has 0 unspecified atom stereocenters. The molecule has 2 amide bonds. The molecule has 228 valence electrons. The average Bonchev–Trinajstić information content (AvgIpc) is 3.09. The summed E-state index contributed by atoms with van der Waals surface area (Å²) in [6.45, 7) is 6.97. The molecule has 12 heteroatoms. The quantitative estimate of drug-likeness (QED) is 0.359. The Morgan fingerprint density at radius 2 is 1.86 bits per heavy atom. The number of benzene rings is 1. The Bertz CT molecular complexity index is 1270. The minimum atomic E-state index is -0.728. The molecule has 0 radical (unpaired) electrons. The minimum Gasteiger partial charge on any atom is -0.481 e. The Morgan fingerprint density at radius 3 is 2.50 bits per heavy atom. The summed E-state index contributed by atoms with van der Waals surface area (Å²) in [5.74, 6) is -0.00246. The number of carboxylic acids is 1. The second-order valence-electron chi connectivity index (χ2n) is 12.0. The van der Waals surface area contributed by atoms with Crippen molar-refractivity contribution in [3.63, 3.8) is 0 Å². The number of anilines is 3. The van der Waals surface area contributed by atoms with E-state index < -0.39 is 11.6 Å². The van der Waals surface area contributed by atoms with Gasteiger partial charge in [0.2, 0.25) is 11.8 Å². The molecule has 2 aromatic rings.